The zero-order chi connectivity index (χ0) is 45.0. The lowest BCUT2D eigenvalue weighted by Crippen LogP contribution is -2.46. The van der Waals surface area contributed by atoms with E-state index in [4.69, 9.17) is 9.05 Å². The third-order valence-corrected chi connectivity index (χ3v) is 12.9. The molecule has 0 bridgehead atoms. The number of allylic oxidation sites excluding steroid dienone is 4. The summed E-state index contributed by atoms with van der Waals surface area (Å²) in [5.41, 5.74) is 0. The van der Waals surface area contributed by atoms with Gasteiger partial charge in [-0.25, -0.2) is 4.57 Å². The van der Waals surface area contributed by atoms with Crippen molar-refractivity contribution in [1.29, 1.82) is 0 Å². The fraction of sp³-hybridized carbons (Fsp3) is 0.904. The van der Waals surface area contributed by atoms with Crippen LogP contribution in [0.1, 0.15) is 251 Å². The van der Waals surface area contributed by atoms with Crippen molar-refractivity contribution in [2.75, 3.05) is 40.9 Å². The van der Waals surface area contributed by atoms with Gasteiger partial charge in [-0.05, 0) is 44.9 Å². The molecular formula is C52H104N2O6P+. The average molecular weight is 884 g/mol. The molecule has 0 aromatic heterocycles. The van der Waals surface area contributed by atoms with Gasteiger partial charge >= 0.3 is 7.82 Å². The zero-order valence-electron chi connectivity index (χ0n) is 41.2. The molecule has 362 valence electrons. The fourth-order valence-electron chi connectivity index (χ4n) is 7.78. The predicted octanol–water partition coefficient (Wildman–Crippen LogP) is 15.3. The van der Waals surface area contributed by atoms with Crippen LogP contribution in [0.5, 0.6) is 0 Å². The number of likely N-dealkylation sites (N-methyl/N-ethyl adjacent to an activating group) is 1. The van der Waals surface area contributed by atoms with Crippen molar-refractivity contribution in [2.45, 2.75) is 264 Å². The Labute approximate surface area is 379 Å². The molecule has 0 aromatic carbocycles. The van der Waals surface area contributed by atoms with Crippen molar-refractivity contribution in [3.05, 3.63) is 24.3 Å². The molecule has 8 nitrogen and oxygen atoms in total. The maximum atomic E-state index is 13.0. The minimum atomic E-state index is -4.32. The summed E-state index contributed by atoms with van der Waals surface area (Å²) in [6.45, 7) is 4.90. The molecule has 0 radical (unpaired) electrons. The monoisotopic (exact) mass is 884 g/mol. The second-order valence-corrected chi connectivity index (χ2v) is 20.7. The summed E-state index contributed by atoms with van der Waals surface area (Å²) in [6.07, 6.45) is 53.5. The van der Waals surface area contributed by atoms with E-state index in [1.165, 1.54) is 173 Å². The lowest BCUT2D eigenvalue weighted by molar-refractivity contribution is -0.870. The van der Waals surface area contributed by atoms with E-state index in [0.29, 0.717) is 23.9 Å². The van der Waals surface area contributed by atoms with Crippen molar-refractivity contribution < 1.29 is 32.9 Å². The van der Waals surface area contributed by atoms with E-state index in [0.717, 1.165) is 51.4 Å². The second kappa shape index (κ2) is 44.2. The van der Waals surface area contributed by atoms with Crippen LogP contribution in [0.15, 0.2) is 24.3 Å². The highest BCUT2D eigenvalue weighted by molar-refractivity contribution is 7.47. The number of aliphatic hydroxyl groups is 1. The number of aliphatic hydroxyl groups excluding tert-OH is 1. The van der Waals surface area contributed by atoms with Crippen molar-refractivity contribution in [3.8, 4) is 0 Å². The molecule has 3 unspecified atom stereocenters. The largest absolute Gasteiger partial charge is 0.472 e. The third kappa shape index (κ3) is 46.8. The predicted molar refractivity (Wildman–Crippen MR) is 263 cm³/mol. The van der Waals surface area contributed by atoms with Gasteiger partial charge in [-0.15, -0.1) is 0 Å². The molecule has 3 N–H and O–H groups in total. The standard InChI is InChI=1S/C52H103N2O6P/c1-6-8-10-12-14-16-18-20-22-24-25-26-27-28-29-30-32-34-36-38-40-42-44-46-52(56)53-50(49-60-61(57,58)59-48-47-54(3,4)5)51(55)45-43-41-39-37-35-33-31-23-21-19-17-15-13-11-9-7-2/h25-26,28-29,50-51,55H,6-24,27,30-49H2,1-5H3,(H-,53,56,57,58)/p+1/b26-25-,29-28-. The molecule has 3 atom stereocenters. The van der Waals surface area contributed by atoms with Crippen LogP contribution in [0.4, 0.5) is 0 Å². The molecule has 0 fully saturated rings. The van der Waals surface area contributed by atoms with E-state index in [1.54, 1.807) is 0 Å². The van der Waals surface area contributed by atoms with Crippen molar-refractivity contribution in [2.24, 2.45) is 0 Å². The molecule has 0 spiro atoms. The Balaban J connectivity index is 4.24. The normalized spacial score (nSPS) is 14.3. The molecule has 0 saturated heterocycles. The minimum absolute atomic E-state index is 0.0739. The second-order valence-electron chi connectivity index (χ2n) is 19.3. The molecule has 9 heteroatoms. The number of quaternary nitrogens is 1. The number of nitrogens with zero attached hydrogens (tertiary/aromatic N) is 1. The van der Waals surface area contributed by atoms with E-state index in [-0.39, 0.29) is 19.1 Å². The number of nitrogens with one attached hydrogen (secondary N) is 1. The first kappa shape index (κ1) is 60.0. The summed E-state index contributed by atoms with van der Waals surface area (Å²) >= 11 is 0. The average Bonchev–Trinajstić information content (AvgIpc) is 3.21. The van der Waals surface area contributed by atoms with Crippen LogP contribution >= 0.6 is 7.82 Å². The highest BCUT2D eigenvalue weighted by Crippen LogP contribution is 2.43. The molecule has 1 amide bonds. The lowest BCUT2D eigenvalue weighted by atomic mass is 10.0. The van der Waals surface area contributed by atoms with E-state index in [2.05, 4.69) is 43.5 Å². The molecule has 0 aliphatic rings. The molecular weight excluding hydrogens is 780 g/mol. The van der Waals surface area contributed by atoms with E-state index in [9.17, 15) is 19.4 Å². The van der Waals surface area contributed by atoms with Gasteiger partial charge in [0.1, 0.15) is 13.2 Å². The number of rotatable bonds is 48. The van der Waals surface area contributed by atoms with Crippen LogP contribution in [-0.2, 0) is 18.4 Å². The number of carbonyl (C=O) groups excluding carboxylic acids is 1. The van der Waals surface area contributed by atoms with Gasteiger partial charge in [0.05, 0.1) is 39.9 Å². The van der Waals surface area contributed by atoms with Gasteiger partial charge in [-0.2, -0.15) is 0 Å². The Bertz CT molecular complexity index is 1050. The molecule has 0 saturated carbocycles. The van der Waals surface area contributed by atoms with Gasteiger partial charge in [-0.1, -0.05) is 224 Å². The van der Waals surface area contributed by atoms with Gasteiger partial charge in [0, 0.05) is 6.42 Å². The molecule has 0 heterocycles. The lowest BCUT2D eigenvalue weighted by Gasteiger charge is -2.26. The maximum absolute atomic E-state index is 13.0. The fourth-order valence-corrected chi connectivity index (χ4v) is 8.52. The first-order chi connectivity index (χ1) is 29.5. The topological polar surface area (TPSA) is 105 Å². The van der Waals surface area contributed by atoms with Crippen molar-refractivity contribution >= 4 is 13.7 Å². The Morgan fingerprint density at radius 3 is 1.34 bits per heavy atom. The van der Waals surface area contributed by atoms with Gasteiger partial charge in [-0.3, -0.25) is 13.8 Å². The number of amides is 1. The molecule has 61 heavy (non-hydrogen) atoms. The summed E-state index contributed by atoms with van der Waals surface area (Å²) in [6, 6.07) is -0.763. The zero-order valence-corrected chi connectivity index (χ0v) is 42.1. The van der Waals surface area contributed by atoms with Crippen LogP contribution in [0, 0.1) is 0 Å². The molecule has 0 aliphatic carbocycles. The van der Waals surface area contributed by atoms with Crippen LogP contribution < -0.4 is 5.32 Å². The highest BCUT2D eigenvalue weighted by Gasteiger charge is 2.28. The molecule has 0 rings (SSSR count). The Morgan fingerprint density at radius 2 is 0.934 bits per heavy atom. The summed E-state index contributed by atoms with van der Waals surface area (Å²) in [5, 5.41) is 14.0. The summed E-state index contributed by atoms with van der Waals surface area (Å²) < 4.78 is 23.7. The number of phosphoric ester groups is 1. The SMILES string of the molecule is CCCCCCCCCCC/C=C\C/C=C\CCCCCCCCCC(=O)NC(COP(=O)(O)OCC[N+](C)(C)C)C(O)CCCCCCCCCCCCCCCCCC. The maximum Gasteiger partial charge on any atom is 0.472 e. The first-order valence-electron chi connectivity index (χ1n) is 26.2. The summed E-state index contributed by atoms with van der Waals surface area (Å²) in [4.78, 5) is 23.3. The number of phosphoric acid groups is 1. The van der Waals surface area contributed by atoms with Crippen LogP contribution in [0.2, 0.25) is 0 Å². The van der Waals surface area contributed by atoms with Crippen LogP contribution in [0.3, 0.4) is 0 Å². The van der Waals surface area contributed by atoms with Gasteiger partial charge in [0.2, 0.25) is 5.91 Å². The number of hydrogen-bond acceptors (Lipinski definition) is 5. The quantitative estimate of drug-likeness (QED) is 0.0243. The smallest absolute Gasteiger partial charge is 0.391 e. The molecule has 0 aliphatic heterocycles. The summed E-state index contributed by atoms with van der Waals surface area (Å²) in [7, 11) is 1.62. The Kier molecular flexibility index (Phi) is 43.5. The Morgan fingerprint density at radius 1 is 0.557 bits per heavy atom. The number of carbonyl (C=O) groups is 1. The number of unbranched alkanes of at least 4 members (excludes halogenated alkanes) is 31. The number of hydrogen-bond donors (Lipinski definition) is 3. The van der Waals surface area contributed by atoms with Crippen LogP contribution in [0.25, 0.3) is 0 Å². The van der Waals surface area contributed by atoms with Gasteiger partial charge in [0.15, 0.2) is 0 Å². The van der Waals surface area contributed by atoms with Crippen LogP contribution in [-0.4, -0.2) is 73.4 Å². The van der Waals surface area contributed by atoms with Crippen molar-refractivity contribution in [3.63, 3.8) is 0 Å². The van der Waals surface area contributed by atoms with Gasteiger partial charge < -0.3 is 19.8 Å². The van der Waals surface area contributed by atoms with E-state index >= 15 is 0 Å². The third-order valence-electron chi connectivity index (χ3n) is 12.0. The van der Waals surface area contributed by atoms with Gasteiger partial charge in [0.25, 0.3) is 0 Å². The summed E-state index contributed by atoms with van der Waals surface area (Å²) in [5.74, 6) is -0.150. The Hall–Kier alpha value is -1.02. The van der Waals surface area contributed by atoms with Crippen molar-refractivity contribution in [1.82, 2.24) is 5.32 Å². The minimum Gasteiger partial charge on any atom is -0.391 e. The highest BCUT2D eigenvalue weighted by atomic mass is 31.2. The molecule has 0 aromatic rings. The first-order valence-corrected chi connectivity index (χ1v) is 27.7. The van der Waals surface area contributed by atoms with E-state index < -0.39 is 20.0 Å². The van der Waals surface area contributed by atoms with E-state index in [1.807, 2.05) is 21.1 Å².